The molecule has 9 rings (SSSR count). The zero-order valence-corrected chi connectivity index (χ0v) is 22.6. The second-order valence-electron chi connectivity index (χ2n) is 10.4. The number of hydrogen-bond donors (Lipinski definition) is 0. The Kier molecular flexibility index (Phi) is 3.41. The van der Waals surface area contributed by atoms with E-state index in [2.05, 4.69) is 24.3 Å². The van der Waals surface area contributed by atoms with Crippen molar-refractivity contribution in [1.29, 1.82) is 0 Å². The van der Waals surface area contributed by atoms with Crippen LogP contribution in [0.5, 0.6) is 0 Å². The number of hydrogen-bond acceptors (Lipinski definition) is 1. The van der Waals surface area contributed by atoms with E-state index in [4.69, 9.17) is 16.8 Å². The van der Waals surface area contributed by atoms with Crippen molar-refractivity contribution in [3.63, 3.8) is 0 Å². The number of fused-ring (bicyclic) bond motifs is 6. The summed E-state index contributed by atoms with van der Waals surface area (Å²) in [4.78, 5) is 0. The minimum absolute atomic E-state index is 0.0422. The van der Waals surface area contributed by atoms with Gasteiger partial charge in [0, 0.05) is 16.3 Å². The van der Waals surface area contributed by atoms with Gasteiger partial charge >= 0.3 is 0 Å². The van der Waals surface area contributed by atoms with E-state index in [9.17, 15) is 2.74 Å². The fraction of sp³-hybridized carbons (Fsp3) is 0. The first kappa shape index (κ1) is 15.5. The quantitative estimate of drug-likeness (QED) is 0.197. The Labute approximate surface area is 264 Å². The molecule has 0 radical (unpaired) electrons. The number of furan rings is 1. The summed E-state index contributed by atoms with van der Waals surface area (Å²) in [6.45, 7) is 0. The van der Waals surface area contributed by atoms with Crippen LogP contribution < -0.4 is 0 Å². The molecule has 0 spiro atoms. The monoisotopic (exact) mass is 557 g/mol. The predicted octanol–water partition coefficient (Wildman–Crippen LogP) is 12.0. The van der Waals surface area contributed by atoms with E-state index in [0.29, 0.717) is 16.3 Å². The maximum Gasteiger partial charge on any atom is 0.143 e. The van der Waals surface area contributed by atoms with Crippen molar-refractivity contribution in [2.24, 2.45) is 0 Å². The summed E-state index contributed by atoms with van der Waals surface area (Å²) in [6, 6.07) is 23.6. The van der Waals surface area contributed by atoms with E-state index in [1.807, 2.05) is 66.7 Å². The summed E-state index contributed by atoms with van der Waals surface area (Å²) in [5.74, 6) is 0. The summed E-state index contributed by atoms with van der Waals surface area (Å²) in [7, 11) is 0. The molecule has 9 aromatic rings. The Morgan fingerprint density at radius 1 is 0.419 bits per heavy atom. The Hall–Kier alpha value is -5.66. The first-order valence-electron chi connectivity index (χ1n) is 19.4. The molecule has 0 aliphatic heterocycles. The smallest absolute Gasteiger partial charge is 0.143 e. The molecular formula is C42H26O. The second-order valence-corrected chi connectivity index (χ2v) is 10.4. The van der Waals surface area contributed by atoms with Crippen LogP contribution in [-0.4, -0.2) is 0 Å². The lowest BCUT2D eigenvalue weighted by molar-refractivity contribution is 0.670. The molecule has 0 amide bonds. The van der Waals surface area contributed by atoms with Gasteiger partial charge in [-0.05, 0) is 72.2 Å². The Morgan fingerprint density at radius 2 is 0.977 bits per heavy atom. The molecule has 0 saturated carbocycles. The van der Waals surface area contributed by atoms with E-state index in [1.54, 1.807) is 0 Å². The largest absolute Gasteiger partial charge is 0.455 e. The van der Waals surface area contributed by atoms with Gasteiger partial charge in [-0.15, -0.1) is 0 Å². The standard InChI is InChI=1S/C42H26O/c1-2-13-28(14-3-1)30-25-26-37(41-36-22-10-11-24-38(36)43-42(30)41)40-34-20-8-6-18-32(34)39(33-19-7-9-21-35(33)40)31-23-12-16-27-15-4-5-17-29(27)31/h1-26H/i1D,2D,3D,10D,11D,13D,14D,22D,24D,25D,26D. The van der Waals surface area contributed by atoms with Crippen LogP contribution in [0.2, 0.25) is 0 Å². The molecule has 8 aromatic carbocycles. The highest BCUT2D eigenvalue weighted by Gasteiger charge is 2.22. The predicted molar refractivity (Wildman–Crippen MR) is 183 cm³/mol. The molecule has 1 heterocycles. The van der Waals surface area contributed by atoms with Crippen LogP contribution in [0.15, 0.2) is 162 Å². The average molecular weight is 558 g/mol. The molecule has 1 aromatic heterocycles. The van der Waals surface area contributed by atoms with Crippen molar-refractivity contribution >= 4 is 54.3 Å². The van der Waals surface area contributed by atoms with E-state index in [-0.39, 0.29) is 44.7 Å². The second kappa shape index (κ2) is 9.44. The van der Waals surface area contributed by atoms with Gasteiger partial charge in [-0.25, -0.2) is 0 Å². The zero-order chi connectivity index (χ0) is 37.9. The Balaban J connectivity index is 1.55. The van der Waals surface area contributed by atoms with Crippen molar-refractivity contribution in [3.05, 3.63) is 157 Å². The number of benzene rings is 8. The molecule has 0 bridgehead atoms. The molecule has 0 aliphatic rings. The van der Waals surface area contributed by atoms with Crippen LogP contribution in [0.3, 0.4) is 0 Å². The van der Waals surface area contributed by atoms with Crippen LogP contribution >= 0.6 is 0 Å². The number of rotatable bonds is 3. The highest BCUT2D eigenvalue weighted by molar-refractivity contribution is 6.27. The first-order chi connectivity index (χ1) is 25.9. The molecule has 0 N–H and O–H groups in total. The third kappa shape index (κ3) is 3.58. The van der Waals surface area contributed by atoms with Gasteiger partial charge in [0.2, 0.25) is 0 Å². The van der Waals surface area contributed by atoms with E-state index in [0.717, 1.165) is 32.7 Å². The van der Waals surface area contributed by atoms with Gasteiger partial charge < -0.3 is 4.42 Å². The topological polar surface area (TPSA) is 13.1 Å². The summed E-state index contributed by atoms with van der Waals surface area (Å²) >= 11 is 0. The summed E-state index contributed by atoms with van der Waals surface area (Å²) in [6.07, 6.45) is 0. The van der Waals surface area contributed by atoms with E-state index < -0.39 is 60.4 Å². The lowest BCUT2D eigenvalue weighted by Gasteiger charge is -2.19. The van der Waals surface area contributed by atoms with E-state index in [1.165, 1.54) is 0 Å². The van der Waals surface area contributed by atoms with Crippen molar-refractivity contribution in [2.75, 3.05) is 0 Å². The zero-order valence-electron chi connectivity index (χ0n) is 33.6. The minimum atomic E-state index is -0.643. The summed E-state index contributed by atoms with van der Waals surface area (Å²) in [5, 5.41) is 5.23. The molecular weight excluding hydrogens is 520 g/mol. The van der Waals surface area contributed by atoms with Crippen LogP contribution in [0.1, 0.15) is 15.1 Å². The maximum absolute atomic E-state index is 9.73. The number of para-hydroxylation sites is 1. The van der Waals surface area contributed by atoms with Crippen molar-refractivity contribution in [3.8, 4) is 33.4 Å². The SMILES string of the molecule is [2H]c1c([2H])c([2H])c(-c2c([2H])c([2H])c(-c3c4ccccc4c(-c4cccc5ccccc45)c4ccccc34)c3c2oc2c([2H])c([2H])c([2H])c([2H])c23)c([2H])c1[2H]. The molecule has 0 atom stereocenters. The van der Waals surface area contributed by atoms with Gasteiger partial charge in [-0.2, -0.15) is 0 Å². The third-order valence-electron chi connectivity index (χ3n) is 8.11. The molecule has 43 heavy (non-hydrogen) atoms. The van der Waals surface area contributed by atoms with Crippen molar-refractivity contribution in [1.82, 2.24) is 0 Å². The minimum Gasteiger partial charge on any atom is -0.455 e. The molecule has 0 saturated heterocycles. The van der Waals surface area contributed by atoms with Crippen LogP contribution in [0.25, 0.3) is 87.6 Å². The average Bonchev–Trinajstić information content (AvgIpc) is 3.58. The highest BCUT2D eigenvalue weighted by atomic mass is 16.3. The first-order valence-corrected chi connectivity index (χ1v) is 13.9. The lowest BCUT2D eigenvalue weighted by Crippen LogP contribution is -1.92. The fourth-order valence-electron chi connectivity index (χ4n) is 6.35. The molecule has 1 nitrogen and oxygen atoms in total. The van der Waals surface area contributed by atoms with E-state index >= 15 is 0 Å². The van der Waals surface area contributed by atoms with Crippen molar-refractivity contribution in [2.45, 2.75) is 0 Å². The molecule has 0 unspecified atom stereocenters. The van der Waals surface area contributed by atoms with Gasteiger partial charge in [0.05, 0.1) is 15.1 Å². The normalized spacial score (nSPS) is 15.3. The molecule has 1 heteroatoms. The summed E-state index contributed by atoms with van der Waals surface area (Å²) < 4.78 is 103. The molecule has 0 fully saturated rings. The lowest BCUT2D eigenvalue weighted by atomic mass is 9.83. The fourth-order valence-corrected chi connectivity index (χ4v) is 6.35. The van der Waals surface area contributed by atoms with Gasteiger partial charge in [0.25, 0.3) is 0 Å². The van der Waals surface area contributed by atoms with Crippen LogP contribution in [0.4, 0.5) is 0 Å². The van der Waals surface area contributed by atoms with Crippen molar-refractivity contribution < 1.29 is 19.5 Å². The summed E-state index contributed by atoms with van der Waals surface area (Å²) in [5.41, 5.74) is 1.56. The highest BCUT2D eigenvalue weighted by Crippen LogP contribution is 2.49. The Morgan fingerprint density at radius 3 is 1.70 bits per heavy atom. The van der Waals surface area contributed by atoms with Gasteiger partial charge in [0.1, 0.15) is 11.2 Å². The van der Waals surface area contributed by atoms with Gasteiger partial charge in [-0.3, -0.25) is 0 Å². The van der Waals surface area contributed by atoms with Gasteiger partial charge in [0.15, 0.2) is 0 Å². The van der Waals surface area contributed by atoms with Gasteiger partial charge in [-0.1, -0.05) is 145 Å². The molecule has 0 aliphatic carbocycles. The molecule has 200 valence electrons. The van der Waals surface area contributed by atoms with Crippen LogP contribution in [0, 0.1) is 0 Å². The third-order valence-corrected chi connectivity index (χ3v) is 8.11. The Bertz CT molecular complexity index is 3040. The maximum atomic E-state index is 9.73. The van der Waals surface area contributed by atoms with Crippen LogP contribution in [-0.2, 0) is 0 Å².